The SMILES string of the molecule is CCC(CC)(CN)NC(=O)c1csc(CCN)n1. The summed E-state index contributed by atoms with van der Waals surface area (Å²) in [6.45, 7) is 5.03. The van der Waals surface area contributed by atoms with E-state index in [-0.39, 0.29) is 11.4 Å². The number of thiazole rings is 1. The van der Waals surface area contributed by atoms with E-state index in [1.165, 1.54) is 11.3 Å². The normalized spacial score (nSPS) is 11.6. The minimum Gasteiger partial charge on any atom is -0.344 e. The fourth-order valence-corrected chi connectivity index (χ4v) is 2.52. The molecule has 0 saturated heterocycles. The molecule has 0 aliphatic rings. The van der Waals surface area contributed by atoms with Gasteiger partial charge in [0.05, 0.1) is 10.5 Å². The summed E-state index contributed by atoms with van der Waals surface area (Å²) in [6, 6.07) is 0. The number of hydrogen-bond acceptors (Lipinski definition) is 5. The molecule has 1 heterocycles. The molecule has 0 aliphatic heterocycles. The van der Waals surface area contributed by atoms with Gasteiger partial charge in [0.1, 0.15) is 5.69 Å². The molecule has 1 amide bonds. The standard InChI is InChI=1S/C12H22N4OS/c1-3-12(4-2,8-14)16-11(17)9-7-18-10(15-9)5-6-13/h7H,3-6,8,13-14H2,1-2H3,(H,16,17). The number of nitrogens with zero attached hydrogens (tertiary/aromatic N) is 1. The Morgan fingerprint density at radius 1 is 1.44 bits per heavy atom. The van der Waals surface area contributed by atoms with Crippen LogP contribution in [0.15, 0.2) is 5.38 Å². The topological polar surface area (TPSA) is 94.0 Å². The molecule has 0 radical (unpaired) electrons. The number of amides is 1. The van der Waals surface area contributed by atoms with Gasteiger partial charge in [-0.15, -0.1) is 11.3 Å². The van der Waals surface area contributed by atoms with Crippen LogP contribution in [0, 0.1) is 0 Å². The zero-order chi connectivity index (χ0) is 13.6. The van der Waals surface area contributed by atoms with Crippen LogP contribution in [0.2, 0.25) is 0 Å². The second-order valence-electron chi connectivity index (χ2n) is 4.31. The molecule has 6 heteroatoms. The molecule has 0 aromatic carbocycles. The van der Waals surface area contributed by atoms with Gasteiger partial charge in [-0.2, -0.15) is 0 Å². The largest absolute Gasteiger partial charge is 0.344 e. The van der Waals surface area contributed by atoms with Crippen molar-refractivity contribution in [3.8, 4) is 0 Å². The molecule has 0 atom stereocenters. The van der Waals surface area contributed by atoms with E-state index in [0.29, 0.717) is 25.2 Å². The number of nitrogens with two attached hydrogens (primary N) is 2. The lowest BCUT2D eigenvalue weighted by Gasteiger charge is -2.31. The molecule has 0 fully saturated rings. The lowest BCUT2D eigenvalue weighted by molar-refractivity contribution is 0.0890. The Labute approximate surface area is 112 Å². The zero-order valence-corrected chi connectivity index (χ0v) is 11.8. The molecule has 0 aliphatic carbocycles. The monoisotopic (exact) mass is 270 g/mol. The first-order chi connectivity index (χ1) is 8.60. The van der Waals surface area contributed by atoms with Gasteiger partial charge in [0, 0.05) is 18.3 Å². The molecule has 5 N–H and O–H groups in total. The quantitative estimate of drug-likeness (QED) is 0.686. The maximum absolute atomic E-state index is 12.1. The fraction of sp³-hybridized carbons (Fsp3) is 0.667. The van der Waals surface area contributed by atoms with E-state index in [0.717, 1.165) is 17.8 Å². The molecule has 0 unspecified atom stereocenters. The van der Waals surface area contributed by atoms with Crippen LogP contribution in [-0.2, 0) is 6.42 Å². The summed E-state index contributed by atoms with van der Waals surface area (Å²) in [4.78, 5) is 16.4. The van der Waals surface area contributed by atoms with Crippen LogP contribution >= 0.6 is 11.3 Å². The highest BCUT2D eigenvalue weighted by atomic mass is 32.1. The third kappa shape index (κ3) is 3.51. The first-order valence-corrected chi connectivity index (χ1v) is 7.15. The molecule has 18 heavy (non-hydrogen) atoms. The molecule has 1 aromatic rings. The highest BCUT2D eigenvalue weighted by Gasteiger charge is 2.27. The predicted octanol–water partition coefficient (Wildman–Crippen LogP) is 0.892. The molecule has 0 bridgehead atoms. The number of rotatable bonds is 7. The Kier molecular flexibility index (Phi) is 5.71. The highest BCUT2D eigenvalue weighted by Crippen LogP contribution is 2.16. The van der Waals surface area contributed by atoms with Crippen molar-refractivity contribution in [3.05, 3.63) is 16.1 Å². The van der Waals surface area contributed by atoms with Crippen molar-refractivity contribution in [1.29, 1.82) is 0 Å². The average molecular weight is 270 g/mol. The molecule has 1 aromatic heterocycles. The van der Waals surface area contributed by atoms with Crippen LogP contribution in [0.1, 0.15) is 42.2 Å². The average Bonchev–Trinajstić information content (AvgIpc) is 2.85. The number of nitrogens with one attached hydrogen (secondary N) is 1. The Morgan fingerprint density at radius 2 is 2.11 bits per heavy atom. The van der Waals surface area contributed by atoms with E-state index < -0.39 is 0 Å². The fourth-order valence-electron chi connectivity index (χ4n) is 1.72. The Hall–Kier alpha value is -0.980. The molecule has 102 valence electrons. The third-order valence-electron chi connectivity index (χ3n) is 3.27. The third-order valence-corrected chi connectivity index (χ3v) is 4.17. The van der Waals surface area contributed by atoms with Crippen LogP contribution in [-0.4, -0.2) is 29.5 Å². The number of carbonyl (C=O) groups is 1. The summed E-state index contributed by atoms with van der Waals surface area (Å²) in [5.74, 6) is -0.149. The Morgan fingerprint density at radius 3 is 2.61 bits per heavy atom. The molecule has 0 saturated carbocycles. The highest BCUT2D eigenvalue weighted by molar-refractivity contribution is 7.09. The van der Waals surface area contributed by atoms with E-state index in [1.807, 2.05) is 13.8 Å². The number of carbonyl (C=O) groups excluding carboxylic acids is 1. The van der Waals surface area contributed by atoms with E-state index >= 15 is 0 Å². The van der Waals surface area contributed by atoms with Crippen molar-refractivity contribution >= 4 is 17.2 Å². The van der Waals surface area contributed by atoms with Gasteiger partial charge >= 0.3 is 0 Å². The van der Waals surface area contributed by atoms with Gasteiger partial charge in [0.15, 0.2) is 0 Å². The predicted molar refractivity (Wildman–Crippen MR) is 74.7 cm³/mol. The molecule has 0 spiro atoms. The summed E-state index contributed by atoms with van der Waals surface area (Å²) < 4.78 is 0. The zero-order valence-electron chi connectivity index (χ0n) is 11.0. The van der Waals surface area contributed by atoms with Crippen molar-refractivity contribution in [2.45, 2.75) is 38.6 Å². The van der Waals surface area contributed by atoms with Crippen molar-refractivity contribution in [3.63, 3.8) is 0 Å². The minimum atomic E-state index is -0.325. The molecular weight excluding hydrogens is 248 g/mol. The van der Waals surface area contributed by atoms with Gasteiger partial charge in [-0.3, -0.25) is 4.79 Å². The molecule has 5 nitrogen and oxygen atoms in total. The minimum absolute atomic E-state index is 0.149. The Bertz CT molecular complexity index is 379. The van der Waals surface area contributed by atoms with Gasteiger partial charge in [-0.1, -0.05) is 13.8 Å². The summed E-state index contributed by atoms with van der Waals surface area (Å²) in [7, 11) is 0. The molecule has 1 rings (SSSR count). The van der Waals surface area contributed by atoms with Crippen LogP contribution in [0.25, 0.3) is 0 Å². The Balaban J connectivity index is 2.74. The van der Waals surface area contributed by atoms with E-state index in [4.69, 9.17) is 11.5 Å². The van der Waals surface area contributed by atoms with Gasteiger partial charge in [-0.25, -0.2) is 4.98 Å². The number of aromatic nitrogens is 1. The van der Waals surface area contributed by atoms with Gasteiger partial charge in [-0.05, 0) is 19.4 Å². The second-order valence-corrected chi connectivity index (χ2v) is 5.25. The van der Waals surface area contributed by atoms with E-state index in [9.17, 15) is 4.79 Å². The van der Waals surface area contributed by atoms with Crippen LogP contribution < -0.4 is 16.8 Å². The number of hydrogen-bond donors (Lipinski definition) is 3. The van der Waals surface area contributed by atoms with Crippen LogP contribution in [0.3, 0.4) is 0 Å². The van der Waals surface area contributed by atoms with Gasteiger partial charge in [0.25, 0.3) is 5.91 Å². The van der Waals surface area contributed by atoms with E-state index in [1.54, 1.807) is 5.38 Å². The van der Waals surface area contributed by atoms with Crippen molar-refractivity contribution in [1.82, 2.24) is 10.3 Å². The van der Waals surface area contributed by atoms with Gasteiger partial charge < -0.3 is 16.8 Å². The van der Waals surface area contributed by atoms with Crippen LogP contribution in [0.5, 0.6) is 0 Å². The maximum Gasteiger partial charge on any atom is 0.271 e. The summed E-state index contributed by atoms with van der Waals surface area (Å²) >= 11 is 1.47. The first kappa shape index (κ1) is 15.1. The maximum atomic E-state index is 12.1. The van der Waals surface area contributed by atoms with Crippen molar-refractivity contribution in [2.75, 3.05) is 13.1 Å². The summed E-state index contributed by atoms with van der Waals surface area (Å²) in [6.07, 6.45) is 2.33. The second kappa shape index (κ2) is 6.82. The smallest absolute Gasteiger partial charge is 0.271 e. The first-order valence-electron chi connectivity index (χ1n) is 6.27. The lowest BCUT2D eigenvalue weighted by Crippen LogP contribution is -2.52. The summed E-state index contributed by atoms with van der Waals surface area (Å²) in [5, 5.41) is 5.67. The van der Waals surface area contributed by atoms with Gasteiger partial charge in [0.2, 0.25) is 0 Å². The lowest BCUT2D eigenvalue weighted by atomic mass is 9.93. The summed E-state index contributed by atoms with van der Waals surface area (Å²) in [5.41, 5.74) is 11.4. The molecular formula is C12H22N4OS. The van der Waals surface area contributed by atoms with Crippen molar-refractivity contribution in [2.24, 2.45) is 11.5 Å². The van der Waals surface area contributed by atoms with E-state index in [2.05, 4.69) is 10.3 Å². The van der Waals surface area contributed by atoms with Crippen LogP contribution in [0.4, 0.5) is 0 Å². The van der Waals surface area contributed by atoms with Crippen molar-refractivity contribution < 1.29 is 4.79 Å².